The zero-order valence-corrected chi connectivity index (χ0v) is 11.6. The van der Waals surface area contributed by atoms with E-state index in [4.69, 9.17) is 0 Å². The van der Waals surface area contributed by atoms with Crippen molar-refractivity contribution in [3.63, 3.8) is 0 Å². The number of carbonyl (C=O) groups excluding carboxylic acids is 1. The molecule has 0 unspecified atom stereocenters. The average Bonchev–Trinajstić information content (AvgIpc) is 2.82. The number of nitrogens with zero attached hydrogens (tertiary/aromatic N) is 3. The molecule has 19 heavy (non-hydrogen) atoms. The molecule has 2 aromatic rings. The van der Waals surface area contributed by atoms with Gasteiger partial charge in [-0.1, -0.05) is 6.07 Å². The molecular weight excluding hydrogens is 264 g/mol. The molecule has 102 valence electrons. The Hall–Kier alpha value is -1.59. The fourth-order valence-corrected chi connectivity index (χ4v) is 2.40. The topological polar surface area (TPSA) is 49.6 Å². The van der Waals surface area contributed by atoms with Crippen LogP contribution in [0.3, 0.4) is 0 Å². The van der Waals surface area contributed by atoms with Crippen LogP contribution in [0.1, 0.15) is 17.3 Å². The highest BCUT2D eigenvalue weighted by molar-refractivity contribution is 6.00. The summed E-state index contributed by atoms with van der Waals surface area (Å²) in [5.74, 6) is 0.0743. The molecule has 0 aliphatic carbocycles. The molecular formula is C13H17ClN4O. The van der Waals surface area contributed by atoms with Gasteiger partial charge in [0, 0.05) is 31.9 Å². The van der Waals surface area contributed by atoms with Crippen LogP contribution < -0.4 is 5.32 Å². The van der Waals surface area contributed by atoms with Gasteiger partial charge in [-0.25, -0.2) is 4.52 Å². The summed E-state index contributed by atoms with van der Waals surface area (Å²) >= 11 is 0. The normalized spacial score (nSPS) is 19.2. The molecule has 5 nitrogen and oxygen atoms in total. The Morgan fingerprint density at radius 2 is 2.32 bits per heavy atom. The molecule has 0 bridgehead atoms. The molecule has 2 aromatic heterocycles. The third-order valence-corrected chi connectivity index (χ3v) is 3.42. The first-order valence-corrected chi connectivity index (χ1v) is 6.21. The highest BCUT2D eigenvalue weighted by Crippen LogP contribution is 2.15. The van der Waals surface area contributed by atoms with Crippen molar-refractivity contribution in [3.05, 3.63) is 36.2 Å². The standard InChI is InChI=1S/C13H16N4O.ClH/c1-10-8-14-5-7-16(10)13(18)11-9-15-17-6-3-2-4-12(11)17;/h2-4,6,9-10,14H,5,7-8H2,1H3;1H/t10-;/m0./s1. The monoisotopic (exact) mass is 280 g/mol. The second-order valence-electron chi connectivity index (χ2n) is 4.64. The number of piperazine rings is 1. The molecule has 0 aromatic carbocycles. The summed E-state index contributed by atoms with van der Waals surface area (Å²) < 4.78 is 1.74. The third kappa shape index (κ3) is 2.43. The second-order valence-corrected chi connectivity index (χ2v) is 4.64. The van der Waals surface area contributed by atoms with Gasteiger partial charge >= 0.3 is 0 Å². The lowest BCUT2D eigenvalue weighted by Gasteiger charge is -2.33. The Morgan fingerprint density at radius 1 is 1.47 bits per heavy atom. The van der Waals surface area contributed by atoms with Crippen molar-refractivity contribution in [2.24, 2.45) is 0 Å². The predicted molar refractivity (Wildman–Crippen MR) is 75.8 cm³/mol. The maximum atomic E-state index is 12.5. The van der Waals surface area contributed by atoms with E-state index in [2.05, 4.69) is 17.3 Å². The van der Waals surface area contributed by atoms with Crippen LogP contribution in [0.4, 0.5) is 0 Å². The smallest absolute Gasteiger partial charge is 0.258 e. The van der Waals surface area contributed by atoms with Crippen molar-refractivity contribution in [1.82, 2.24) is 19.8 Å². The number of hydrogen-bond donors (Lipinski definition) is 1. The van der Waals surface area contributed by atoms with Crippen molar-refractivity contribution in [2.75, 3.05) is 19.6 Å². The summed E-state index contributed by atoms with van der Waals surface area (Å²) in [6, 6.07) is 5.98. The number of halogens is 1. The Bertz CT molecular complexity index is 583. The van der Waals surface area contributed by atoms with Gasteiger partial charge in [-0.05, 0) is 19.1 Å². The number of amides is 1. The number of carbonyl (C=O) groups is 1. The highest BCUT2D eigenvalue weighted by atomic mass is 35.5. The maximum absolute atomic E-state index is 12.5. The van der Waals surface area contributed by atoms with Gasteiger partial charge in [-0.2, -0.15) is 5.10 Å². The van der Waals surface area contributed by atoms with Crippen LogP contribution in [0, 0.1) is 0 Å². The van der Waals surface area contributed by atoms with Gasteiger partial charge in [0.1, 0.15) is 0 Å². The van der Waals surface area contributed by atoms with E-state index in [9.17, 15) is 4.79 Å². The first-order valence-electron chi connectivity index (χ1n) is 6.21. The van der Waals surface area contributed by atoms with Crippen LogP contribution in [0.2, 0.25) is 0 Å². The first-order chi connectivity index (χ1) is 8.77. The molecule has 6 heteroatoms. The second kappa shape index (κ2) is 5.59. The maximum Gasteiger partial charge on any atom is 0.258 e. The summed E-state index contributed by atoms with van der Waals surface area (Å²) in [4.78, 5) is 14.4. The number of pyridine rings is 1. The fraction of sp³-hybridized carbons (Fsp3) is 0.385. The molecule has 0 radical (unpaired) electrons. The van der Waals surface area contributed by atoms with Gasteiger partial charge < -0.3 is 10.2 Å². The Balaban J connectivity index is 0.00000133. The summed E-state index contributed by atoms with van der Waals surface area (Å²) in [6.45, 7) is 4.53. The lowest BCUT2D eigenvalue weighted by Crippen LogP contribution is -2.52. The minimum absolute atomic E-state index is 0. The molecule has 3 rings (SSSR count). The number of nitrogens with one attached hydrogen (secondary N) is 1. The van der Waals surface area contributed by atoms with Crippen molar-refractivity contribution in [2.45, 2.75) is 13.0 Å². The van der Waals surface area contributed by atoms with Crippen molar-refractivity contribution < 1.29 is 4.79 Å². The largest absolute Gasteiger partial charge is 0.333 e. The lowest BCUT2D eigenvalue weighted by atomic mass is 10.1. The Kier molecular flexibility index (Phi) is 4.07. The van der Waals surface area contributed by atoms with Gasteiger partial charge in [-0.3, -0.25) is 4.79 Å². The van der Waals surface area contributed by atoms with Crippen LogP contribution in [-0.2, 0) is 0 Å². The van der Waals surface area contributed by atoms with Gasteiger partial charge in [0.05, 0.1) is 17.3 Å². The Morgan fingerprint density at radius 3 is 3.11 bits per heavy atom. The average molecular weight is 281 g/mol. The molecule has 1 aliphatic heterocycles. The zero-order chi connectivity index (χ0) is 12.5. The Labute approximate surface area is 118 Å². The van der Waals surface area contributed by atoms with Crippen molar-refractivity contribution in [3.8, 4) is 0 Å². The SMILES string of the molecule is C[C@H]1CNCCN1C(=O)c1cnn2ccccc12.Cl. The van der Waals surface area contributed by atoms with E-state index >= 15 is 0 Å². The van der Waals surface area contributed by atoms with Crippen LogP contribution in [-0.4, -0.2) is 46.1 Å². The van der Waals surface area contributed by atoms with E-state index in [0.29, 0.717) is 5.56 Å². The number of aromatic nitrogens is 2. The fourth-order valence-electron chi connectivity index (χ4n) is 2.40. The zero-order valence-electron chi connectivity index (χ0n) is 10.7. The molecule has 0 spiro atoms. The molecule has 1 saturated heterocycles. The molecule has 1 aliphatic rings. The number of rotatable bonds is 1. The van der Waals surface area contributed by atoms with E-state index < -0.39 is 0 Å². The van der Waals surface area contributed by atoms with E-state index in [-0.39, 0.29) is 24.4 Å². The van der Waals surface area contributed by atoms with Crippen molar-refractivity contribution >= 4 is 23.8 Å². The molecule has 1 fully saturated rings. The molecule has 1 atom stereocenters. The van der Waals surface area contributed by atoms with Gasteiger partial charge in [0.25, 0.3) is 5.91 Å². The molecule has 1 amide bonds. The summed E-state index contributed by atoms with van der Waals surface area (Å²) in [5, 5.41) is 7.50. The van der Waals surface area contributed by atoms with Crippen LogP contribution >= 0.6 is 12.4 Å². The molecule has 3 heterocycles. The van der Waals surface area contributed by atoms with Gasteiger partial charge in [0.15, 0.2) is 0 Å². The van der Waals surface area contributed by atoms with Crippen LogP contribution in [0.15, 0.2) is 30.6 Å². The first kappa shape index (κ1) is 13.8. The third-order valence-electron chi connectivity index (χ3n) is 3.42. The van der Waals surface area contributed by atoms with E-state index in [1.54, 1.807) is 10.7 Å². The lowest BCUT2D eigenvalue weighted by molar-refractivity contribution is 0.0658. The van der Waals surface area contributed by atoms with Crippen LogP contribution in [0.25, 0.3) is 5.52 Å². The van der Waals surface area contributed by atoms with Gasteiger partial charge in [0.2, 0.25) is 0 Å². The highest BCUT2D eigenvalue weighted by Gasteiger charge is 2.25. The predicted octanol–water partition coefficient (Wildman–Crippen LogP) is 1.19. The van der Waals surface area contributed by atoms with E-state index in [1.165, 1.54) is 0 Å². The summed E-state index contributed by atoms with van der Waals surface area (Å²) in [5.41, 5.74) is 1.55. The number of hydrogen-bond acceptors (Lipinski definition) is 3. The summed E-state index contributed by atoms with van der Waals surface area (Å²) in [7, 11) is 0. The van der Waals surface area contributed by atoms with E-state index in [0.717, 1.165) is 25.2 Å². The quantitative estimate of drug-likeness (QED) is 0.854. The summed E-state index contributed by atoms with van der Waals surface area (Å²) in [6.07, 6.45) is 3.51. The van der Waals surface area contributed by atoms with E-state index in [1.807, 2.05) is 29.3 Å². The van der Waals surface area contributed by atoms with Gasteiger partial charge in [-0.15, -0.1) is 12.4 Å². The number of fused-ring (bicyclic) bond motifs is 1. The molecule has 1 N–H and O–H groups in total. The minimum Gasteiger partial charge on any atom is -0.333 e. The van der Waals surface area contributed by atoms with Crippen LogP contribution in [0.5, 0.6) is 0 Å². The minimum atomic E-state index is 0. The molecule has 0 saturated carbocycles. The van der Waals surface area contributed by atoms with Crippen molar-refractivity contribution in [1.29, 1.82) is 0 Å².